The first kappa shape index (κ1) is 25.9. The van der Waals surface area contributed by atoms with Gasteiger partial charge in [0, 0.05) is 56.9 Å². The Morgan fingerprint density at radius 2 is 1.71 bits per heavy atom. The SMILES string of the molecule is O=C(c1nn([C@H]2CCCN(CCN3CCOCC3)C2)c2c1CS(=O)(=O)c1cc(F)ccc1-2)N1CCOCC1. The fraction of sp³-hybridized carbons (Fsp3) is 0.615. The van der Waals surface area contributed by atoms with Gasteiger partial charge in [-0.3, -0.25) is 19.3 Å². The van der Waals surface area contributed by atoms with Crippen LogP contribution in [0.4, 0.5) is 4.39 Å². The quantitative estimate of drug-likeness (QED) is 0.555. The Labute approximate surface area is 222 Å². The number of hydrogen-bond acceptors (Lipinski definition) is 8. The monoisotopic (exact) mass is 547 g/mol. The molecule has 0 saturated carbocycles. The maximum Gasteiger partial charge on any atom is 0.274 e. The standard InChI is InChI=1S/C26H34FN5O5S/c27-19-3-4-21-23(16-19)38(34,35)18-22-24(26(33)31-10-14-37-15-11-31)28-32(25(21)22)20-2-1-5-30(17-20)7-6-29-8-12-36-13-9-29/h3-4,16,20H,1-2,5-15,17-18H2/t20-/m0/s1. The number of ether oxygens (including phenoxy) is 2. The molecule has 4 aliphatic heterocycles. The highest BCUT2D eigenvalue weighted by Crippen LogP contribution is 2.42. The first-order valence-electron chi connectivity index (χ1n) is 13.4. The van der Waals surface area contributed by atoms with Gasteiger partial charge in [-0.15, -0.1) is 0 Å². The summed E-state index contributed by atoms with van der Waals surface area (Å²) in [5.41, 5.74) is 1.66. The molecule has 2 aromatic rings. The van der Waals surface area contributed by atoms with E-state index in [1.807, 2.05) is 4.68 Å². The largest absolute Gasteiger partial charge is 0.379 e. The summed E-state index contributed by atoms with van der Waals surface area (Å²) >= 11 is 0. The zero-order valence-electron chi connectivity index (χ0n) is 21.5. The van der Waals surface area contributed by atoms with E-state index in [9.17, 15) is 17.6 Å². The van der Waals surface area contributed by atoms with Crippen molar-refractivity contribution >= 4 is 15.7 Å². The lowest BCUT2D eigenvalue weighted by molar-refractivity contribution is 0.0294. The number of amides is 1. The molecule has 0 N–H and O–H groups in total. The fourth-order valence-corrected chi connectivity index (χ4v) is 7.60. The predicted molar refractivity (Wildman–Crippen MR) is 137 cm³/mol. The molecule has 5 heterocycles. The summed E-state index contributed by atoms with van der Waals surface area (Å²) in [5, 5.41) is 4.83. The van der Waals surface area contributed by atoms with Gasteiger partial charge in [-0.05, 0) is 37.6 Å². The molecule has 1 aromatic heterocycles. The van der Waals surface area contributed by atoms with Crippen LogP contribution in [0.5, 0.6) is 0 Å². The van der Waals surface area contributed by atoms with Gasteiger partial charge >= 0.3 is 0 Å². The van der Waals surface area contributed by atoms with Gasteiger partial charge in [0.05, 0.1) is 48.8 Å². The molecule has 0 radical (unpaired) electrons. The van der Waals surface area contributed by atoms with Crippen molar-refractivity contribution in [2.24, 2.45) is 0 Å². The number of fused-ring (bicyclic) bond motifs is 3. The molecule has 0 aliphatic carbocycles. The molecule has 4 aliphatic rings. The molecule has 0 bridgehead atoms. The highest BCUT2D eigenvalue weighted by atomic mass is 32.2. The van der Waals surface area contributed by atoms with E-state index in [1.165, 1.54) is 12.1 Å². The minimum absolute atomic E-state index is 0.0212. The van der Waals surface area contributed by atoms with E-state index in [2.05, 4.69) is 9.80 Å². The van der Waals surface area contributed by atoms with Crippen LogP contribution in [0.15, 0.2) is 23.1 Å². The Morgan fingerprint density at radius 1 is 1.00 bits per heavy atom. The average molecular weight is 548 g/mol. The predicted octanol–water partition coefficient (Wildman–Crippen LogP) is 1.42. The van der Waals surface area contributed by atoms with Crippen molar-refractivity contribution in [1.82, 2.24) is 24.5 Å². The molecule has 6 rings (SSSR count). The number of carbonyl (C=O) groups is 1. The molecule has 0 unspecified atom stereocenters. The Bertz CT molecular complexity index is 1300. The Balaban J connectivity index is 1.35. The van der Waals surface area contributed by atoms with Crippen LogP contribution in [0.25, 0.3) is 11.3 Å². The van der Waals surface area contributed by atoms with Crippen LogP contribution in [0.3, 0.4) is 0 Å². The summed E-state index contributed by atoms with van der Waals surface area (Å²) in [6.45, 7) is 8.82. The topological polar surface area (TPSA) is 97.2 Å². The van der Waals surface area contributed by atoms with Crippen molar-refractivity contribution in [3.63, 3.8) is 0 Å². The average Bonchev–Trinajstić information content (AvgIpc) is 3.31. The summed E-state index contributed by atoms with van der Waals surface area (Å²) in [5.74, 6) is -1.24. The van der Waals surface area contributed by atoms with E-state index < -0.39 is 15.7 Å². The van der Waals surface area contributed by atoms with Gasteiger partial charge in [0.15, 0.2) is 15.5 Å². The molecule has 206 valence electrons. The van der Waals surface area contributed by atoms with Crippen LogP contribution in [-0.4, -0.2) is 118 Å². The van der Waals surface area contributed by atoms with Crippen LogP contribution in [0.2, 0.25) is 0 Å². The number of aromatic nitrogens is 2. The third-order valence-electron chi connectivity index (χ3n) is 8.04. The lowest BCUT2D eigenvalue weighted by atomic mass is 10.0. The number of carbonyl (C=O) groups excluding carboxylic acids is 1. The van der Waals surface area contributed by atoms with Crippen molar-refractivity contribution in [1.29, 1.82) is 0 Å². The van der Waals surface area contributed by atoms with Gasteiger partial charge in [-0.1, -0.05) is 0 Å². The molecule has 1 aromatic carbocycles. The first-order chi connectivity index (χ1) is 18.4. The minimum Gasteiger partial charge on any atom is -0.379 e. The molecule has 3 saturated heterocycles. The summed E-state index contributed by atoms with van der Waals surface area (Å²) in [6, 6.07) is 3.86. The van der Waals surface area contributed by atoms with Crippen molar-refractivity contribution in [3.05, 3.63) is 35.3 Å². The van der Waals surface area contributed by atoms with Gasteiger partial charge in [0.1, 0.15) is 5.82 Å². The van der Waals surface area contributed by atoms with Gasteiger partial charge in [0.25, 0.3) is 5.91 Å². The Hall–Kier alpha value is -2.38. The highest BCUT2D eigenvalue weighted by molar-refractivity contribution is 7.90. The molecule has 10 nitrogen and oxygen atoms in total. The number of nitrogens with zero attached hydrogens (tertiary/aromatic N) is 5. The maximum atomic E-state index is 14.2. The van der Waals surface area contributed by atoms with Crippen molar-refractivity contribution in [2.45, 2.75) is 29.5 Å². The zero-order valence-corrected chi connectivity index (χ0v) is 22.3. The fourth-order valence-electron chi connectivity index (χ4n) is 6.00. The minimum atomic E-state index is -3.83. The lowest BCUT2D eigenvalue weighted by Crippen LogP contribution is -2.44. The molecule has 12 heteroatoms. The molecule has 3 fully saturated rings. The number of likely N-dealkylation sites (tertiary alicyclic amines) is 1. The smallest absolute Gasteiger partial charge is 0.274 e. The molecule has 0 spiro atoms. The summed E-state index contributed by atoms with van der Waals surface area (Å²) in [7, 11) is -3.83. The third kappa shape index (κ3) is 5.00. The van der Waals surface area contributed by atoms with E-state index >= 15 is 0 Å². The number of hydrogen-bond donors (Lipinski definition) is 0. The summed E-state index contributed by atoms with van der Waals surface area (Å²) < 4.78 is 53.4. The lowest BCUT2D eigenvalue weighted by Gasteiger charge is -2.36. The number of morpholine rings is 2. The number of sulfone groups is 1. The van der Waals surface area contributed by atoms with E-state index in [0.717, 1.165) is 71.4 Å². The van der Waals surface area contributed by atoms with E-state index in [1.54, 1.807) is 4.90 Å². The molecular weight excluding hydrogens is 513 g/mol. The van der Waals surface area contributed by atoms with Crippen LogP contribution in [0.1, 0.15) is 34.9 Å². The van der Waals surface area contributed by atoms with Gasteiger partial charge in [-0.25, -0.2) is 12.8 Å². The number of benzene rings is 1. The van der Waals surface area contributed by atoms with E-state index in [-0.39, 0.29) is 28.3 Å². The normalized spacial score (nSPS) is 24.1. The van der Waals surface area contributed by atoms with Crippen molar-refractivity contribution < 1.29 is 27.1 Å². The van der Waals surface area contributed by atoms with Gasteiger partial charge < -0.3 is 14.4 Å². The first-order valence-corrected chi connectivity index (χ1v) is 15.1. The second-order valence-corrected chi connectivity index (χ2v) is 12.4. The number of piperidine rings is 1. The second-order valence-electron chi connectivity index (χ2n) is 10.5. The zero-order chi connectivity index (χ0) is 26.3. The maximum absolute atomic E-state index is 14.2. The molecule has 1 amide bonds. The van der Waals surface area contributed by atoms with Crippen LogP contribution >= 0.6 is 0 Å². The Morgan fingerprint density at radius 3 is 2.47 bits per heavy atom. The number of halogens is 1. The van der Waals surface area contributed by atoms with Crippen LogP contribution < -0.4 is 0 Å². The third-order valence-corrected chi connectivity index (χ3v) is 9.72. The second kappa shape index (κ2) is 10.6. The van der Waals surface area contributed by atoms with E-state index in [4.69, 9.17) is 14.6 Å². The molecular formula is C26H34FN5O5S. The van der Waals surface area contributed by atoms with Crippen molar-refractivity contribution in [2.75, 3.05) is 78.8 Å². The van der Waals surface area contributed by atoms with E-state index in [0.29, 0.717) is 43.1 Å². The summed E-state index contributed by atoms with van der Waals surface area (Å²) in [4.78, 5) is 20.1. The summed E-state index contributed by atoms with van der Waals surface area (Å²) in [6.07, 6.45) is 1.85. The Kier molecular flexibility index (Phi) is 7.25. The van der Waals surface area contributed by atoms with Gasteiger partial charge in [0.2, 0.25) is 0 Å². The van der Waals surface area contributed by atoms with Crippen LogP contribution in [0, 0.1) is 5.82 Å². The van der Waals surface area contributed by atoms with Crippen LogP contribution in [-0.2, 0) is 25.1 Å². The highest BCUT2D eigenvalue weighted by Gasteiger charge is 2.39. The number of rotatable bonds is 5. The molecule has 1 atom stereocenters. The van der Waals surface area contributed by atoms with Gasteiger partial charge in [-0.2, -0.15) is 5.10 Å². The van der Waals surface area contributed by atoms with Crippen molar-refractivity contribution in [3.8, 4) is 11.3 Å². The molecule has 38 heavy (non-hydrogen) atoms.